The Bertz CT molecular complexity index is 860. The fourth-order valence-corrected chi connectivity index (χ4v) is 6.36. The highest BCUT2D eigenvalue weighted by Gasteiger charge is 2.60. The Labute approximate surface area is 197 Å². The number of thioether (sulfide) groups is 1. The molecule has 1 aromatic rings. The fraction of sp³-hybridized carbons (Fsp3) is 0.571. The second-order valence-corrected chi connectivity index (χ2v) is 9.77. The maximum absolute atomic E-state index is 12.5. The summed E-state index contributed by atoms with van der Waals surface area (Å²) in [5.41, 5.74) is 1.40. The van der Waals surface area contributed by atoms with Gasteiger partial charge < -0.3 is 44.4 Å². The van der Waals surface area contributed by atoms with Crippen LogP contribution in [0.5, 0.6) is 0 Å². The molecule has 0 bridgehead atoms. The molecule has 0 aromatic carbocycles. The number of aryl methyl sites for hydroxylation is 1. The van der Waals surface area contributed by atoms with Crippen LogP contribution in [0.15, 0.2) is 35.1 Å². The first-order valence-electron chi connectivity index (χ1n) is 10.1. The van der Waals surface area contributed by atoms with Gasteiger partial charge in [-0.25, -0.2) is 9.36 Å². The second kappa shape index (κ2) is 9.13. The van der Waals surface area contributed by atoms with Crippen molar-refractivity contribution in [2.45, 2.75) is 50.1 Å². The van der Waals surface area contributed by atoms with Gasteiger partial charge in [0.2, 0.25) is 5.91 Å². The van der Waals surface area contributed by atoms with E-state index in [4.69, 9.17) is 0 Å². The Kier molecular flexibility index (Phi) is 7.15. The van der Waals surface area contributed by atoms with Crippen molar-refractivity contribution in [1.29, 1.82) is 0 Å². The van der Waals surface area contributed by atoms with Crippen molar-refractivity contribution in [2.75, 3.05) is 6.54 Å². The van der Waals surface area contributed by atoms with Gasteiger partial charge in [-0.2, -0.15) is 0 Å². The van der Waals surface area contributed by atoms with Gasteiger partial charge in [0.1, 0.15) is 12.7 Å². The van der Waals surface area contributed by atoms with Crippen LogP contribution in [-0.2, 0) is 23.1 Å². The van der Waals surface area contributed by atoms with Crippen molar-refractivity contribution in [3.63, 3.8) is 0 Å². The van der Waals surface area contributed by atoms with Crippen molar-refractivity contribution in [2.24, 2.45) is 18.9 Å². The van der Waals surface area contributed by atoms with E-state index in [0.717, 1.165) is 24.3 Å². The van der Waals surface area contributed by atoms with Gasteiger partial charge >= 0.3 is 5.97 Å². The Morgan fingerprint density at radius 2 is 2.07 bits per heavy atom. The number of carbonyl (C=O) groups excluding carboxylic acids is 1. The molecule has 2 unspecified atom stereocenters. The molecule has 3 aliphatic heterocycles. The molecule has 0 radical (unpaired) electrons. The van der Waals surface area contributed by atoms with Crippen LogP contribution in [0.25, 0.3) is 0 Å². The zero-order valence-corrected chi connectivity index (χ0v) is 20.3. The molecule has 0 spiro atoms. The highest BCUT2D eigenvalue weighted by Crippen LogP contribution is 2.51. The Balaban J connectivity index is 0.00000256. The molecular weight excluding hydrogens is 517 g/mol. The highest BCUT2D eigenvalue weighted by molar-refractivity contribution is 8.03. The smallest absolute Gasteiger partial charge is 0.353 e. The first kappa shape index (κ1) is 23.5. The van der Waals surface area contributed by atoms with Crippen molar-refractivity contribution in [1.82, 2.24) is 10.2 Å². The summed E-state index contributed by atoms with van der Waals surface area (Å²) in [5.74, 6) is -1.91. The van der Waals surface area contributed by atoms with Crippen molar-refractivity contribution in [3.05, 3.63) is 40.7 Å². The summed E-state index contributed by atoms with van der Waals surface area (Å²) in [7, 11) is 2.00. The normalized spacial score (nSPS) is 31.3. The number of aromatic nitrogens is 1. The molecule has 164 valence electrons. The van der Waals surface area contributed by atoms with E-state index in [1.54, 1.807) is 18.7 Å². The molecule has 2 saturated heterocycles. The zero-order chi connectivity index (χ0) is 20.9. The van der Waals surface area contributed by atoms with Gasteiger partial charge in [-0.1, -0.05) is 6.92 Å². The summed E-state index contributed by atoms with van der Waals surface area (Å²) in [6.45, 7) is 4.40. The molecule has 3 N–H and O–H groups in total. The average Bonchev–Trinajstić information content (AvgIpc) is 3.18. The molecule has 6 atom stereocenters. The zero-order valence-electron chi connectivity index (χ0n) is 17.3. The standard InChI is InChI=1S/C21H27N3O4S.HI/c1-11-17-16(12(2)25)20(26)24(17)18(21(27)28)19(11)29-15-9-14(22-10-15)8-13-4-6-23(3)7-5-13;/h4-7,11-12,14-17,22,25H,8-10H2,1-3H3;1H/t11-,12-,14?,15?,16-,17-;/m1./s1. The van der Waals surface area contributed by atoms with Gasteiger partial charge in [-0.15, -0.1) is 11.8 Å². The number of aliphatic hydroxyl groups is 1. The van der Waals surface area contributed by atoms with Crippen LogP contribution in [0, 0.1) is 11.8 Å². The number of hydrogen-bond donors (Lipinski definition) is 3. The summed E-state index contributed by atoms with van der Waals surface area (Å²) < 4.78 is 2.01. The number of carboxylic acids is 1. The number of rotatable bonds is 6. The van der Waals surface area contributed by atoms with Crippen molar-refractivity contribution < 1.29 is 48.3 Å². The number of nitrogens with zero attached hydrogens (tertiary/aromatic N) is 2. The lowest BCUT2D eigenvalue weighted by atomic mass is 9.79. The molecule has 0 aliphatic carbocycles. The van der Waals surface area contributed by atoms with Gasteiger partial charge in [0, 0.05) is 40.8 Å². The SMILES string of the molecule is C[C@@H](O)[C@H]1C(=O)N2C(C(=O)O)=C(SC3CNC(Cc4cc[n+](C)cc4)C3)[C@H](C)[C@H]12.[I-]. The molecule has 3 aliphatic rings. The minimum absolute atomic E-state index is 0. The first-order valence-corrected chi connectivity index (χ1v) is 11.0. The van der Waals surface area contributed by atoms with E-state index in [1.807, 2.05) is 30.9 Å². The number of nitrogens with one attached hydrogen (secondary N) is 1. The van der Waals surface area contributed by atoms with Crippen LogP contribution >= 0.6 is 11.8 Å². The minimum Gasteiger partial charge on any atom is -1.00 e. The maximum Gasteiger partial charge on any atom is 0.353 e. The van der Waals surface area contributed by atoms with E-state index in [1.165, 1.54) is 10.5 Å². The molecule has 30 heavy (non-hydrogen) atoms. The lowest BCUT2D eigenvalue weighted by molar-refractivity contribution is -0.671. The van der Waals surface area contributed by atoms with Gasteiger partial charge in [0.05, 0.1) is 18.1 Å². The molecule has 2 fully saturated rings. The lowest BCUT2D eigenvalue weighted by Gasteiger charge is -2.46. The van der Waals surface area contributed by atoms with Crippen molar-refractivity contribution >= 4 is 23.6 Å². The Hall–Kier alpha value is -1.17. The number of β-lactam (4-membered cyclic amide) rings is 1. The van der Waals surface area contributed by atoms with Crippen LogP contribution in [-0.4, -0.2) is 57.0 Å². The summed E-state index contributed by atoms with van der Waals surface area (Å²) in [6, 6.07) is 4.36. The van der Waals surface area contributed by atoms with Crippen molar-refractivity contribution in [3.8, 4) is 0 Å². The number of pyridine rings is 1. The van der Waals surface area contributed by atoms with Gasteiger partial charge in [0.25, 0.3) is 0 Å². The van der Waals surface area contributed by atoms with E-state index in [2.05, 4.69) is 17.4 Å². The third-order valence-electron chi connectivity index (χ3n) is 6.32. The van der Waals surface area contributed by atoms with Crippen LogP contribution in [0.4, 0.5) is 0 Å². The third kappa shape index (κ3) is 4.13. The lowest BCUT2D eigenvalue weighted by Crippen LogP contribution is -3.00. The highest BCUT2D eigenvalue weighted by atomic mass is 127. The average molecular weight is 545 g/mol. The number of aliphatic hydroxyl groups excluding tert-OH is 1. The second-order valence-electron chi connectivity index (χ2n) is 8.43. The van der Waals surface area contributed by atoms with E-state index < -0.39 is 18.0 Å². The van der Waals surface area contributed by atoms with Gasteiger partial charge in [-0.05, 0) is 25.3 Å². The summed E-state index contributed by atoms with van der Waals surface area (Å²) in [4.78, 5) is 26.6. The summed E-state index contributed by atoms with van der Waals surface area (Å²) in [5, 5.41) is 23.6. The van der Waals surface area contributed by atoms with E-state index >= 15 is 0 Å². The molecule has 4 rings (SSSR count). The predicted molar refractivity (Wildman–Crippen MR) is 109 cm³/mol. The Morgan fingerprint density at radius 1 is 1.40 bits per heavy atom. The molecule has 1 amide bonds. The molecule has 0 saturated carbocycles. The third-order valence-corrected chi connectivity index (χ3v) is 7.83. The molecule has 9 heteroatoms. The topological polar surface area (TPSA) is 93.8 Å². The largest absolute Gasteiger partial charge is 1.00 e. The van der Waals surface area contributed by atoms with Gasteiger partial charge in [-0.3, -0.25) is 4.79 Å². The molecule has 7 nitrogen and oxygen atoms in total. The number of aliphatic carboxylic acids is 1. The monoisotopic (exact) mass is 545 g/mol. The van der Waals surface area contributed by atoms with Crippen LogP contribution in [0.2, 0.25) is 0 Å². The predicted octanol–water partition coefficient (Wildman–Crippen LogP) is -2.32. The summed E-state index contributed by atoms with van der Waals surface area (Å²) in [6.07, 6.45) is 5.21. The fourth-order valence-electron chi connectivity index (χ4n) is 4.84. The van der Waals surface area contributed by atoms with Crippen LogP contribution < -0.4 is 33.9 Å². The quantitative estimate of drug-likeness (QED) is 0.211. The summed E-state index contributed by atoms with van der Waals surface area (Å²) >= 11 is 1.60. The van der Waals surface area contributed by atoms with Gasteiger partial charge in [0.15, 0.2) is 12.4 Å². The maximum atomic E-state index is 12.5. The van der Waals surface area contributed by atoms with Crippen LogP contribution in [0.1, 0.15) is 25.8 Å². The minimum atomic E-state index is -1.06. The first-order chi connectivity index (χ1) is 13.8. The number of amides is 1. The van der Waals surface area contributed by atoms with E-state index in [0.29, 0.717) is 6.04 Å². The number of halogens is 1. The number of carbonyl (C=O) groups is 2. The number of fused-ring (bicyclic) bond motifs is 1. The number of carboxylic acid groups (broad SMARTS) is 1. The van der Waals surface area contributed by atoms with E-state index in [9.17, 15) is 19.8 Å². The van der Waals surface area contributed by atoms with E-state index in [-0.39, 0.29) is 52.8 Å². The van der Waals surface area contributed by atoms with Crippen LogP contribution in [0.3, 0.4) is 0 Å². The number of hydrogen-bond acceptors (Lipinski definition) is 5. The Morgan fingerprint density at radius 3 is 2.67 bits per heavy atom. The molecule has 1 aromatic heterocycles. The molecule has 4 heterocycles. The molecular formula is C21H28IN3O4S.